The van der Waals surface area contributed by atoms with Gasteiger partial charge in [-0.25, -0.2) is 4.79 Å². The van der Waals surface area contributed by atoms with Crippen molar-refractivity contribution in [2.45, 2.75) is 0 Å². The third-order valence-electron chi connectivity index (χ3n) is 2.77. The van der Waals surface area contributed by atoms with Crippen LogP contribution in [0.1, 0.15) is 20.7 Å². The summed E-state index contributed by atoms with van der Waals surface area (Å²) in [6, 6.07) is 13.2. The first-order valence-electron chi connectivity index (χ1n) is 5.96. The fourth-order valence-corrected chi connectivity index (χ4v) is 1.71. The van der Waals surface area contributed by atoms with E-state index in [0.717, 1.165) is 0 Å². The van der Waals surface area contributed by atoms with Crippen molar-refractivity contribution in [1.82, 2.24) is 0 Å². The van der Waals surface area contributed by atoms with E-state index >= 15 is 0 Å². The second kappa shape index (κ2) is 5.88. The first-order valence-corrected chi connectivity index (χ1v) is 5.96. The maximum atomic E-state index is 12.0. The Labute approximate surface area is 116 Å². The van der Waals surface area contributed by atoms with Crippen LogP contribution in [0, 0.1) is 0 Å². The van der Waals surface area contributed by atoms with Gasteiger partial charge in [0.05, 0.1) is 18.2 Å². The number of methoxy groups -OCH3 is 1. The van der Waals surface area contributed by atoms with E-state index in [1.165, 1.54) is 7.11 Å². The number of anilines is 2. The van der Waals surface area contributed by atoms with Crippen LogP contribution in [0.2, 0.25) is 0 Å². The quantitative estimate of drug-likeness (QED) is 0.662. The second-order valence-electron chi connectivity index (χ2n) is 4.11. The smallest absolute Gasteiger partial charge is 0.337 e. The van der Waals surface area contributed by atoms with Gasteiger partial charge >= 0.3 is 5.97 Å². The summed E-state index contributed by atoms with van der Waals surface area (Å²) in [5, 5.41) is 2.71. The number of ether oxygens (including phenoxy) is 1. The number of hydrogen-bond donors (Lipinski definition) is 2. The van der Waals surface area contributed by atoms with E-state index in [-0.39, 0.29) is 5.91 Å². The molecule has 3 N–H and O–H groups in total. The van der Waals surface area contributed by atoms with E-state index in [9.17, 15) is 9.59 Å². The molecule has 0 heterocycles. The first-order chi connectivity index (χ1) is 9.61. The summed E-state index contributed by atoms with van der Waals surface area (Å²) in [6.07, 6.45) is 0. The van der Waals surface area contributed by atoms with Crippen LogP contribution in [0.5, 0.6) is 0 Å². The maximum Gasteiger partial charge on any atom is 0.337 e. The number of esters is 1. The zero-order chi connectivity index (χ0) is 14.5. The van der Waals surface area contributed by atoms with Crippen molar-refractivity contribution in [1.29, 1.82) is 0 Å². The van der Waals surface area contributed by atoms with Gasteiger partial charge in [0.1, 0.15) is 0 Å². The molecule has 20 heavy (non-hydrogen) atoms. The van der Waals surface area contributed by atoms with Crippen LogP contribution in [0.25, 0.3) is 0 Å². The molecule has 0 bridgehead atoms. The van der Waals surface area contributed by atoms with Crippen LogP contribution < -0.4 is 11.1 Å². The summed E-state index contributed by atoms with van der Waals surface area (Å²) in [7, 11) is 1.32. The van der Waals surface area contributed by atoms with Gasteiger partial charge in [0.2, 0.25) is 0 Å². The van der Waals surface area contributed by atoms with E-state index in [2.05, 4.69) is 10.1 Å². The molecule has 1 amide bonds. The number of hydrogen-bond acceptors (Lipinski definition) is 4. The monoisotopic (exact) mass is 270 g/mol. The molecule has 102 valence electrons. The predicted molar refractivity (Wildman–Crippen MR) is 76.6 cm³/mol. The van der Waals surface area contributed by atoms with Gasteiger partial charge in [-0.3, -0.25) is 4.79 Å². The molecule has 0 saturated carbocycles. The zero-order valence-electron chi connectivity index (χ0n) is 10.9. The van der Waals surface area contributed by atoms with E-state index in [1.807, 2.05) is 0 Å². The van der Waals surface area contributed by atoms with Crippen LogP contribution >= 0.6 is 0 Å². The minimum absolute atomic E-state index is 0.297. The minimum atomic E-state index is -0.421. The third-order valence-corrected chi connectivity index (χ3v) is 2.77. The molecule has 0 saturated heterocycles. The van der Waals surface area contributed by atoms with Gasteiger partial charge in [-0.05, 0) is 36.4 Å². The lowest BCUT2D eigenvalue weighted by Crippen LogP contribution is -2.14. The summed E-state index contributed by atoms with van der Waals surface area (Å²) in [5.74, 6) is -0.718. The molecule has 0 aliphatic heterocycles. The standard InChI is InChI=1S/C15H14N2O3/c1-20-15(19)10-6-8-11(9-7-10)17-14(18)12-4-2-3-5-13(12)16/h2-9H,16H2,1H3,(H,17,18). The molecular weight excluding hydrogens is 256 g/mol. The van der Waals surface area contributed by atoms with Crippen molar-refractivity contribution >= 4 is 23.3 Å². The number of para-hydroxylation sites is 1. The molecule has 0 aromatic heterocycles. The van der Waals surface area contributed by atoms with Gasteiger partial charge in [0.15, 0.2) is 0 Å². The van der Waals surface area contributed by atoms with Crippen LogP contribution in [-0.2, 0) is 4.74 Å². The molecule has 0 radical (unpaired) electrons. The number of benzene rings is 2. The second-order valence-corrected chi connectivity index (χ2v) is 4.11. The molecule has 5 heteroatoms. The van der Waals surface area contributed by atoms with Gasteiger partial charge in [-0.1, -0.05) is 12.1 Å². The summed E-state index contributed by atoms with van der Waals surface area (Å²) < 4.78 is 4.60. The number of carbonyl (C=O) groups excluding carboxylic acids is 2. The Bertz CT molecular complexity index is 636. The van der Waals surface area contributed by atoms with Gasteiger partial charge in [0.25, 0.3) is 5.91 Å². The number of rotatable bonds is 3. The Hall–Kier alpha value is -2.82. The van der Waals surface area contributed by atoms with Gasteiger partial charge in [-0.2, -0.15) is 0 Å². The highest BCUT2D eigenvalue weighted by molar-refractivity contribution is 6.07. The normalized spacial score (nSPS) is 9.85. The highest BCUT2D eigenvalue weighted by atomic mass is 16.5. The minimum Gasteiger partial charge on any atom is -0.465 e. The Morgan fingerprint density at radius 1 is 1.05 bits per heavy atom. The van der Waals surface area contributed by atoms with E-state index < -0.39 is 5.97 Å². The fourth-order valence-electron chi connectivity index (χ4n) is 1.71. The van der Waals surface area contributed by atoms with Crippen molar-refractivity contribution in [2.24, 2.45) is 0 Å². The Balaban J connectivity index is 2.13. The summed E-state index contributed by atoms with van der Waals surface area (Å²) >= 11 is 0. The van der Waals surface area contributed by atoms with E-state index in [1.54, 1.807) is 48.5 Å². The average Bonchev–Trinajstić information content (AvgIpc) is 2.47. The number of nitrogen functional groups attached to an aromatic ring is 1. The number of nitrogens with two attached hydrogens (primary N) is 1. The maximum absolute atomic E-state index is 12.0. The van der Waals surface area contributed by atoms with Crippen molar-refractivity contribution in [3.05, 3.63) is 59.7 Å². The number of nitrogens with one attached hydrogen (secondary N) is 1. The third kappa shape index (κ3) is 2.95. The van der Waals surface area contributed by atoms with Gasteiger partial charge in [0, 0.05) is 11.4 Å². The van der Waals surface area contributed by atoms with E-state index in [4.69, 9.17) is 5.73 Å². The van der Waals surface area contributed by atoms with Crippen molar-refractivity contribution in [3.63, 3.8) is 0 Å². The molecule has 5 nitrogen and oxygen atoms in total. The van der Waals surface area contributed by atoms with Crippen molar-refractivity contribution < 1.29 is 14.3 Å². The predicted octanol–water partition coefficient (Wildman–Crippen LogP) is 2.31. The molecule has 0 unspecified atom stereocenters. The number of amides is 1. The first kappa shape index (κ1) is 13.6. The van der Waals surface area contributed by atoms with Crippen LogP contribution in [0.15, 0.2) is 48.5 Å². The van der Waals surface area contributed by atoms with Crippen LogP contribution in [-0.4, -0.2) is 19.0 Å². The molecular formula is C15H14N2O3. The highest BCUT2D eigenvalue weighted by Crippen LogP contribution is 2.15. The molecule has 2 rings (SSSR count). The zero-order valence-corrected chi connectivity index (χ0v) is 10.9. The van der Waals surface area contributed by atoms with Crippen molar-refractivity contribution in [2.75, 3.05) is 18.2 Å². The largest absolute Gasteiger partial charge is 0.465 e. The Morgan fingerprint density at radius 2 is 1.70 bits per heavy atom. The molecule has 0 aliphatic carbocycles. The molecule has 0 atom stereocenters. The fraction of sp³-hybridized carbons (Fsp3) is 0.0667. The Kier molecular flexibility index (Phi) is 4.00. The molecule has 0 aliphatic rings. The van der Waals surface area contributed by atoms with Gasteiger partial charge < -0.3 is 15.8 Å². The van der Waals surface area contributed by atoms with E-state index in [0.29, 0.717) is 22.5 Å². The lowest BCUT2D eigenvalue weighted by Gasteiger charge is -2.07. The molecule has 0 fully saturated rings. The van der Waals surface area contributed by atoms with Crippen LogP contribution in [0.4, 0.5) is 11.4 Å². The van der Waals surface area contributed by atoms with Crippen molar-refractivity contribution in [3.8, 4) is 0 Å². The SMILES string of the molecule is COC(=O)c1ccc(NC(=O)c2ccccc2N)cc1. The summed E-state index contributed by atoms with van der Waals surface area (Å²) in [6.45, 7) is 0. The Morgan fingerprint density at radius 3 is 2.30 bits per heavy atom. The summed E-state index contributed by atoms with van der Waals surface area (Å²) in [5.41, 5.74) is 7.55. The van der Waals surface area contributed by atoms with Gasteiger partial charge in [-0.15, -0.1) is 0 Å². The molecule has 0 spiro atoms. The van der Waals surface area contributed by atoms with Crippen LogP contribution in [0.3, 0.4) is 0 Å². The lowest BCUT2D eigenvalue weighted by molar-refractivity contribution is 0.0600. The highest BCUT2D eigenvalue weighted by Gasteiger charge is 2.10. The average molecular weight is 270 g/mol. The number of carbonyl (C=O) groups is 2. The topological polar surface area (TPSA) is 81.4 Å². The molecule has 2 aromatic carbocycles. The summed E-state index contributed by atoms with van der Waals surface area (Å²) in [4.78, 5) is 23.3. The lowest BCUT2D eigenvalue weighted by atomic mass is 10.1. The molecule has 2 aromatic rings.